The lowest BCUT2D eigenvalue weighted by molar-refractivity contribution is -0.117. The minimum absolute atomic E-state index is 0.222. The van der Waals surface area contributed by atoms with E-state index in [9.17, 15) is 13.6 Å². The molecule has 2 rings (SSSR count). The Labute approximate surface area is 128 Å². The highest BCUT2D eigenvalue weighted by molar-refractivity contribution is 5.94. The maximum absolute atomic E-state index is 13.7. The first-order valence-electron chi connectivity index (χ1n) is 7.04. The van der Waals surface area contributed by atoms with E-state index in [0.717, 1.165) is 6.07 Å². The van der Waals surface area contributed by atoms with Gasteiger partial charge in [0, 0.05) is 23.4 Å². The van der Waals surface area contributed by atoms with Gasteiger partial charge in [-0.3, -0.25) is 10.1 Å². The molecule has 3 nitrogen and oxygen atoms in total. The molecule has 2 N–H and O–H groups in total. The van der Waals surface area contributed by atoms with Crippen LogP contribution in [0.25, 0.3) is 0 Å². The van der Waals surface area contributed by atoms with Crippen molar-refractivity contribution in [3.05, 3.63) is 65.7 Å². The highest BCUT2D eigenvalue weighted by Gasteiger charge is 2.18. The van der Waals surface area contributed by atoms with Crippen molar-refractivity contribution >= 4 is 11.6 Å². The quantitative estimate of drug-likeness (QED) is 0.885. The van der Waals surface area contributed by atoms with E-state index in [1.54, 1.807) is 26.0 Å². The lowest BCUT2D eigenvalue weighted by Crippen LogP contribution is -2.39. The van der Waals surface area contributed by atoms with Gasteiger partial charge >= 0.3 is 0 Å². The fourth-order valence-electron chi connectivity index (χ4n) is 2.17. The molecule has 0 aliphatic heterocycles. The van der Waals surface area contributed by atoms with E-state index >= 15 is 0 Å². The van der Waals surface area contributed by atoms with E-state index in [2.05, 4.69) is 10.6 Å². The molecule has 0 saturated heterocycles. The topological polar surface area (TPSA) is 41.1 Å². The molecule has 0 aliphatic rings. The van der Waals surface area contributed by atoms with Crippen LogP contribution >= 0.6 is 0 Å². The van der Waals surface area contributed by atoms with Gasteiger partial charge in [0.15, 0.2) is 0 Å². The van der Waals surface area contributed by atoms with Crippen LogP contribution in [0.4, 0.5) is 14.5 Å². The molecular formula is C17H18F2N2O. The summed E-state index contributed by atoms with van der Waals surface area (Å²) in [7, 11) is 0. The number of hydrogen-bond acceptors (Lipinski definition) is 2. The Kier molecular flexibility index (Phi) is 5.22. The second kappa shape index (κ2) is 7.13. The van der Waals surface area contributed by atoms with Gasteiger partial charge < -0.3 is 5.32 Å². The van der Waals surface area contributed by atoms with Crippen LogP contribution in [-0.2, 0) is 4.79 Å². The molecule has 0 radical (unpaired) electrons. The average Bonchev–Trinajstić information content (AvgIpc) is 2.47. The van der Waals surface area contributed by atoms with Crippen LogP contribution in [0, 0.1) is 11.6 Å². The number of halogens is 2. The molecule has 0 aliphatic carbocycles. The van der Waals surface area contributed by atoms with Crippen LogP contribution in [0.3, 0.4) is 0 Å². The van der Waals surface area contributed by atoms with Crippen molar-refractivity contribution in [1.82, 2.24) is 5.32 Å². The molecule has 2 aromatic rings. The Morgan fingerprint density at radius 2 is 1.73 bits per heavy atom. The molecule has 116 valence electrons. The summed E-state index contributed by atoms with van der Waals surface area (Å²) >= 11 is 0. The van der Waals surface area contributed by atoms with Gasteiger partial charge in [-0.25, -0.2) is 8.78 Å². The van der Waals surface area contributed by atoms with Gasteiger partial charge in [-0.15, -0.1) is 0 Å². The Morgan fingerprint density at radius 1 is 1.05 bits per heavy atom. The van der Waals surface area contributed by atoms with Crippen LogP contribution in [-0.4, -0.2) is 11.9 Å². The number of hydrogen-bond donors (Lipinski definition) is 2. The zero-order valence-corrected chi connectivity index (χ0v) is 12.4. The van der Waals surface area contributed by atoms with Gasteiger partial charge in [0.25, 0.3) is 0 Å². The summed E-state index contributed by atoms with van der Waals surface area (Å²) < 4.78 is 26.6. The highest BCUT2D eigenvalue weighted by atomic mass is 19.1. The van der Waals surface area contributed by atoms with E-state index in [0.29, 0.717) is 11.3 Å². The highest BCUT2D eigenvalue weighted by Crippen LogP contribution is 2.18. The zero-order chi connectivity index (χ0) is 16.1. The molecule has 1 amide bonds. The third kappa shape index (κ3) is 4.11. The van der Waals surface area contributed by atoms with Gasteiger partial charge in [0.2, 0.25) is 5.91 Å². The van der Waals surface area contributed by atoms with Crippen molar-refractivity contribution in [1.29, 1.82) is 0 Å². The third-order valence-electron chi connectivity index (χ3n) is 3.36. The number of anilines is 1. The van der Waals surface area contributed by atoms with Gasteiger partial charge in [-0.2, -0.15) is 0 Å². The predicted molar refractivity (Wildman–Crippen MR) is 82.4 cm³/mol. The first-order valence-corrected chi connectivity index (χ1v) is 7.04. The molecular weight excluding hydrogens is 286 g/mol. The average molecular weight is 304 g/mol. The smallest absolute Gasteiger partial charge is 0.241 e. The molecule has 22 heavy (non-hydrogen) atoms. The molecule has 0 spiro atoms. The van der Waals surface area contributed by atoms with E-state index in [4.69, 9.17) is 0 Å². The number of carbonyl (C=O) groups excluding carboxylic acids is 1. The van der Waals surface area contributed by atoms with Gasteiger partial charge in [-0.05, 0) is 32.0 Å². The Morgan fingerprint density at radius 3 is 2.36 bits per heavy atom. The summed E-state index contributed by atoms with van der Waals surface area (Å²) in [6, 6.07) is 11.5. The van der Waals surface area contributed by atoms with Crippen molar-refractivity contribution in [2.45, 2.75) is 25.9 Å². The molecule has 2 aromatic carbocycles. The number of rotatable bonds is 5. The molecule has 0 aromatic heterocycles. The Balaban J connectivity index is 1.98. The van der Waals surface area contributed by atoms with Crippen molar-refractivity contribution in [3.8, 4) is 0 Å². The fraction of sp³-hybridized carbons (Fsp3) is 0.235. The summed E-state index contributed by atoms with van der Waals surface area (Å²) in [5, 5.41) is 5.77. The summed E-state index contributed by atoms with van der Waals surface area (Å²) in [4.78, 5) is 12.1. The van der Waals surface area contributed by atoms with Crippen molar-refractivity contribution in [2.75, 3.05) is 5.32 Å². The first kappa shape index (κ1) is 16.1. The van der Waals surface area contributed by atoms with E-state index in [1.165, 1.54) is 12.1 Å². The Hall–Kier alpha value is -2.27. The number of para-hydroxylation sites is 1. The minimum atomic E-state index is -0.629. The molecule has 0 heterocycles. The van der Waals surface area contributed by atoms with Crippen LogP contribution < -0.4 is 10.6 Å². The summed E-state index contributed by atoms with van der Waals surface area (Å²) in [5.41, 5.74) is 1.02. The van der Waals surface area contributed by atoms with E-state index < -0.39 is 23.7 Å². The van der Waals surface area contributed by atoms with Gasteiger partial charge in [0.05, 0.1) is 6.04 Å². The third-order valence-corrected chi connectivity index (χ3v) is 3.36. The molecule has 0 bridgehead atoms. The molecule has 0 unspecified atom stereocenters. The molecule has 2 atom stereocenters. The Bertz CT molecular complexity index is 646. The number of nitrogens with one attached hydrogen (secondary N) is 2. The second-order valence-corrected chi connectivity index (χ2v) is 5.13. The first-order chi connectivity index (χ1) is 10.5. The van der Waals surface area contributed by atoms with Crippen LogP contribution in [0.1, 0.15) is 25.5 Å². The lowest BCUT2D eigenvalue weighted by Gasteiger charge is -2.20. The maximum Gasteiger partial charge on any atom is 0.241 e. The summed E-state index contributed by atoms with van der Waals surface area (Å²) in [6.45, 7) is 3.42. The normalized spacial score (nSPS) is 13.5. The SMILES string of the molecule is C[C@H](N[C@@H](C)c1ccc(F)cc1F)C(=O)Nc1ccccc1. The van der Waals surface area contributed by atoms with Crippen LogP contribution in [0.5, 0.6) is 0 Å². The van der Waals surface area contributed by atoms with E-state index in [1.807, 2.05) is 18.2 Å². The standard InChI is InChI=1S/C17H18F2N2O/c1-11(15-9-8-13(18)10-16(15)19)20-12(2)17(22)21-14-6-4-3-5-7-14/h3-12,20H,1-2H3,(H,21,22)/t11-,12-/m0/s1. The van der Waals surface area contributed by atoms with Crippen LogP contribution in [0.15, 0.2) is 48.5 Å². The van der Waals surface area contributed by atoms with Crippen molar-refractivity contribution in [3.63, 3.8) is 0 Å². The molecule has 5 heteroatoms. The van der Waals surface area contributed by atoms with E-state index in [-0.39, 0.29) is 5.91 Å². The monoisotopic (exact) mass is 304 g/mol. The van der Waals surface area contributed by atoms with Crippen molar-refractivity contribution < 1.29 is 13.6 Å². The predicted octanol–water partition coefficient (Wildman–Crippen LogP) is 3.64. The maximum atomic E-state index is 13.7. The summed E-state index contributed by atoms with van der Waals surface area (Å²) in [5.74, 6) is -1.47. The number of benzene rings is 2. The molecule has 0 fully saturated rings. The largest absolute Gasteiger partial charge is 0.325 e. The summed E-state index contributed by atoms with van der Waals surface area (Å²) in [6.07, 6.45) is 0. The zero-order valence-electron chi connectivity index (χ0n) is 12.4. The number of carbonyl (C=O) groups is 1. The lowest BCUT2D eigenvalue weighted by atomic mass is 10.1. The molecule has 0 saturated carbocycles. The number of amides is 1. The second-order valence-electron chi connectivity index (χ2n) is 5.13. The fourth-order valence-corrected chi connectivity index (χ4v) is 2.17. The van der Waals surface area contributed by atoms with Gasteiger partial charge in [-0.1, -0.05) is 24.3 Å². The van der Waals surface area contributed by atoms with Crippen molar-refractivity contribution in [2.24, 2.45) is 0 Å². The minimum Gasteiger partial charge on any atom is -0.325 e. The van der Waals surface area contributed by atoms with Gasteiger partial charge in [0.1, 0.15) is 11.6 Å². The van der Waals surface area contributed by atoms with Crippen LogP contribution in [0.2, 0.25) is 0 Å².